The third kappa shape index (κ3) is 4.30. The Labute approximate surface area is 94.4 Å². The molecule has 0 unspecified atom stereocenters. The lowest BCUT2D eigenvalue weighted by molar-refractivity contribution is -0.153. The van der Waals surface area contributed by atoms with Gasteiger partial charge < -0.3 is 4.74 Å². The van der Waals surface area contributed by atoms with Crippen LogP contribution in [-0.2, 0) is 16.0 Å². The number of carbonyl (C=O) groups excluding carboxylic acids is 1. The maximum absolute atomic E-state index is 11.5. The summed E-state index contributed by atoms with van der Waals surface area (Å²) >= 11 is 5.82. The third-order valence-electron chi connectivity index (χ3n) is 1.59. The van der Waals surface area contributed by atoms with Crippen LogP contribution in [0.25, 0.3) is 0 Å². The summed E-state index contributed by atoms with van der Waals surface area (Å²) in [5, 5.41) is 0.350. The zero-order chi connectivity index (χ0) is 11.5. The number of pyridine rings is 1. The molecule has 0 spiro atoms. The molecular weight excluding hydrogens is 214 g/mol. The van der Waals surface area contributed by atoms with E-state index in [0.29, 0.717) is 10.7 Å². The fourth-order valence-electron chi connectivity index (χ4n) is 1.08. The number of halogens is 1. The molecule has 1 aromatic rings. The van der Waals surface area contributed by atoms with Gasteiger partial charge in [-0.15, -0.1) is 0 Å². The minimum Gasteiger partial charge on any atom is -0.460 e. The van der Waals surface area contributed by atoms with E-state index in [-0.39, 0.29) is 12.4 Å². The van der Waals surface area contributed by atoms with E-state index in [9.17, 15) is 4.79 Å². The van der Waals surface area contributed by atoms with Gasteiger partial charge in [-0.25, -0.2) is 4.98 Å². The van der Waals surface area contributed by atoms with Crippen molar-refractivity contribution >= 4 is 17.6 Å². The van der Waals surface area contributed by atoms with Crippen molar-refractivity contribution in [3.63, 3.8) is 0 Å². The summed E-state index contributed by atoms with van der Waals surface area (Å²) in [7, 11) is 0. The van der Waals surface area contributed by atoms with Gasteiger partial charge in [0.05, 0.1) is 6.42 Å². The number of ether oxygens (including phenoxy) is 1. The lowest BCUT2D eigenvalue weighted by Crippen LogP contribution is -2.25. The monoisotopic (exact) mass is 227 g/mol. The van der Waals surface area contributed by atoms with E-state index in [0.717, 1.165) is 0 Å². The van der Waals surface area contributed by atoms with E-state index < -0.39 is 5.60 Å². The number of hydrogen-bond donors (Lipinski definition) is 0. The normalized spacial score (nSPS) is 11.2. The predicted octanol–water partition coefficient (Wildman–Crippen LogP) is 2.62. The standard InChI is InChI=1S/C11H14ClNO2/c1-11(2,3)15-9(14)7-8-5-4-6-13-10(8)12/h4-6H,7H2,1-3H3. The van der Waals surface area contributed by atoms with Crippen LogP contribution in [0.1, 0.15) is 26.3 Å². The number of rotatable bonds is 2. The summed E-state index contributed by atoms with van der Waals surface area (Å²) in [6.45, 7) is 5.49. The minimum atomic E-state index is -0.466. The zero-order valence-electron chi connectivity index (χ0n) is 9.08. The van der Waals surface area contributed by atoms with Gasteiger partial charge in [0.15, 0.2) is 0 Å². The molecule has 4 heteroatoms. The Hall–Kier alpha value is -1.09. The molecule has 0 atom stereocenters. The first kappa shape index (κ1) is 12.0. The van der Waals surface area contributed by atoms with Crippen LogP contribution in [-0.4, -0.2) is 16.6 Å². The molecule has 0 bridgehead atoms. The van der Waals surface area contributed by atoms with E-state index in [1.54, 1.807) is 18.3 Å². The zero-order valence-corrected chi connectivity index (χ0v) is 9.84. The van der Waals surface area contributed by atoms with Gasteiger partial charge in [0.2, 0.25) is 0 Å². The van der Waals surface area contributed by atoms with Crippen molar-refractivity contribution in [2.45, 2.75) is 32.8 Å². The number of hydrogen-bond acceptors (Lipinski definition) is 3. The van der Waals surface area contributed by atoms with Crippen molar-refractivity contribution in [1.82, 2.24) is 4.98 Å². The molecular formula is C11H14ClNO2. The van der Waals surface area contributed by atoms with Crippen LogP contribution in [0.3, 0.4) is 0 Å². The second-order valence-corrected chi connectivity index (χ2v) is 4.57. The smallest absolute Gasteiger partial charge is 0.310 e. The fraction of sp³-hybridized carbons (Fsp3) is 0.455. The van der Waals surface area contributed by atoms with Gasteiger partial charge in [-0.1, -0.05) is 17.7 Å². The molecule has 3 nitrogen and oxygen atoms in total. The molecule has 0 aliphatic carbocycles. The number of carbonyl (C=O) groups is 1. The highest BCUT2D eigenvalue weighted by Crippen LogP contribution is 2.14. The van der Waals surface area contributed by atoms with Crippen molar-refractivity contribution in [1.29, 1.82) is 0 Å². The van der Waals surface area contributed by atoms with Crippen molar-refractivity contribution in [3.05, 3.63) is 29.0 Å². The molecule has 15 heavy (non-hydrogen) atoms. The maximum atomic E-state index is 11.5. The summed E-state index contributed by atoms with van der Waals surface area (Å²) in [6, 6.07) is 3.50. The molecule has 1 heterocycles. The third-order valence-corrected chi connectivity index (χ3v) is 1.93. The average molecular weight is 228 g/mol. The van der Waals surface area contributed by atoms with Crippen LogP contribution in [0, 0.1) is 0 Å². The Bertz CT molecular complexity index is 358. The molecule has 1 aromatic heterocycles. The Balaban J connectivity index is 2.64. The Morgan fingerprint density at radius 3 is 2.73 bits per heavy atom. The van der Waals surface area contributed by atoms with E-state index in [4.69, 9.17) is 16.3 Å². The first-order valence-electron chi connectivity index (χ1n) is 4.70. The van der Waals surface area contributed by atoms with Gasteiger partial charge in [-0.2, -0.15) is 0 Å². The number of esters is 1. The first-order valence-corrected chi connectivity index (χ1v) is 5.07. The Morgan fingerprint density at radius 1 is 1.53 bits per heavy atom. The largest absolute Gasteiger partial charge is 0.460 e. The second-order valence-electron chi connectivity index (χ2n) is 4.22. The van der Waals surface area contributed by atoms with E-state index in [1.165, 1.54) is 0 Å². The van der Waals surface area contributed by atoms with E-state index >= 15 is 0 Å². The van der Waals surface area contributed by atoms with Gasteiger partial charge in [0.25, 0.3) is 0 Å². The summed E-state index contributed by atoms with van der Waals surface area (Å²) in [5.41, 5.74) is 0.222. The van der Waals surface area contributed by atoms with Crippen molar-refractivity contribution in [2.24, 2.45) is 0 Å². The lowest BCUT2D eigenvalue weighted by atomic mass is 10.2. The highest BCUT2D eigenvalue weighted by molar-refractivity contribution is 6.30. The summed E-state index contributed by atoms with van der Waals surface area (Å²) in [5.74, 6) is -0.294. The molecule has 0 radical (unpaired) electrons. The summed E-state index contributed by atoms with van der Waals surface area (Å²) in [6.07, 6.45) is 1.74. The molecule has 1 rings (SSSR count). The summed E-state index contributed by atoms with van der Waals surface area (Å²) < 4.78 is 5.17. The first-order chi connectivity index (χ1) is 6.88. The van der Waals surface area contributed by atoms with Gasteiger partial charge in [0, 0.05) is 11.8 Å². The fourth-order valence-corrected chi connectivity index (χ4v) is 1.27. The molecule has 0 saturated heterocycles. The van der Waals surface area contributed by atoms with Crippen molar-refractivity contribution in [2.75, 3.05) is 0 Å². The van der Waals surface area contributed by atoms with Crippen LogP contribution in [0.2, 0.25) is 5.15 Å². The topological polar surface area (TPSA) is 39.2 Å². The number of aromatic nitrogens is 1. The lowest BCUT2D eigenvalue weighted by Gasteiger charge is -2.19. The molecule has 0 aromatic carbocycles. The average Bonchev–Trinajstić information content (AvgIpc) is 2.05. The molecule has 0 aliphatic rings. The van der Waals surface area contributed by atoms with Crippen LogP contribution < -0.4 is 0 Å². The van der Waals surface area contributed by atoms with Crippen molar-refractivity contribution in [3.8, 4) is 0 Å². The quantitative estimate of drug-likeness (QED) is 0.576. The highest BCUT2D eigenvalue weighted by Gasteiger charge is 2.17. The minimum absolute atomic E-state index is 0.157. The predicted molar refractivity (Wildman–Crippen MR) is 58.8 cm³/mol. The Morgan fingerprint density at radius 2 is 2.20 bits per heavy atom. The van der Waals surface area contributed by atoms with Crippen LogP contribution >= 0.6 is 11.6 Å². The van der Waals surface area contributed by atoms with E-state index in [1.807, 2.05) is 20.8 Å². The molecule has 0 amide bonds. The maximum Gasteiger partial charge on any atom is 0.310 e. The van der Waals surface area contributed by atoms with Crippen LogP contribution in [0.5, 0.6) is 0 Å². The summed E-state index contributed by atoms with van der Waals surface area (Å²) in [4.78, 5) is 15.4. The molecule has 0 N–H and O–H groups in total. The molecule has 0 aliphatic heterocycles. The van der Waals surface area contributed by atoms with Crippen LogP contribution in [0.4, 0.5) is 0 Å². The molecule has 82 valence electrons. The second kappa shape index (κ2) is 4.62. The van der Waals surface area contributed by atoms with Crippen molar-refractivity contribution < 1.29 is 9.53 Å². The molecule has 0 saturated carbocycles. The van der Waals surface area contributed by atoms with Crippen LogP contribution in [0.15, 0.2) is 18.3 Å². The van der Waals surface area contributed by atoms with E-state index in [2.05, 4.69) is 4.98 Å². The van der Waals surface area contributed by atoms with Gasteiger partial charge >= 0.3 is 5.97 Å². The van der Waals surface area contributed by atoms with Gasteiger partial charge in [-0.05, 0) is 26.8 Å². The Kier molecular flexibility index (Phi) is 3.69. The van der Waals surface area contributed by atoms with Gasteiger partial charge in [0.1, 0.15) is 10.8 Å². The highest BCUT2D eigenvalue weighted by atomic mass is 35.5. The number of nitrogens with zero attached hydrogens (tertiary/aromatic N) is 1. The SMILES string of the molecule is CC(C)(C)OC(=O)Cc1cccnc1Cl. The molecule has 0 fully saturated rings. The van der Waals surface area contributed by atoms with Gasteiger partial charge in [-0.3, -0.25) is 4.79 Å².